The molecule has 1 saturated heterocycles. The molecule has 3 heterocycles. The van der Waals surface area contributed by atoms with E-state index >= 15 is 0 Å². The Kier molecular flexibility index (Phi) is 6.00. The normalized spacial score (nSPS) is 14.4. The smallest absolute Gasteiger partial charge is 0.250 e. The molecule has 3 aromatic rings. The molecule has 0 amide bonds. The van der Waals surface area contributed by atoms with E-state index in [1.54, 1.807) is 6.21 Å². The standard InChI is InChI=1S/C19H20IN7O/c20-16-10-9-15(28-16)13-21-26-18-23-17(22-14-7-3-1-4-8-14)24-19(25-18)27-11-5-2-6-12-27/h1,3-4,7-10,13H,2,5-6,11-12H2,(H2,22,23,24,25,26)/b21-13-. The predicted molar refractivity (Wildman–Crippen MR) is 118 cm³/mol. The maximum Gasteiger partial charge on any atom is 0.250 e. The molecule has 0 bridgehead atoms. The summed E-state index contributed by atoms with van der Waals surface area (Å²) in [6, 6.07) is 13.5. The lowest BCUT2D eigenvalue weighted by atomic mass is 10.1. The van der Waals surface area contributed by atoms with Gasteiger partial charge in [0.05, 0.1) is 6.21 Å². The van der Waals surface area contributed by atoms with E-state index in [9.17, 15) is 0 Å². The number of anilines is 4. The first-order valence-electron chi connectivity index (χ1n) is 9.14. The molecule has 8 nitrogen and oxygen atoms in total. The Bertz CT molecular complexity index is 938. The van der Waals surface area contributed by atoms with Gasteiger partial charge in [-0.1, -0.05) is 18.2 Å². The quantitative estimate of drug-likeness (QED) is 0.304. The second-order valence-corrected chi connectivity index (χ2v) is 7.40. The molecule has 144 valence electrons. The number of hydrogen-bond acceptors (Lipinski definition) is 8. The van der Waals surface area contributed by atoms with Crippen molar-refractivity contribution >= 4 is 52.3 Å². The summed E-state index contributed by atoms with van der Waals surface area (Å²) in [7, 11) is 0. The molecule has 28 heavy (non-hydrogen) atoms. The van der Waals surface area contributed by atoms with Gasteiger partial charge in [0.2, 0.25) is 17.8 Å². The molecule has 0 atom stereocenters. The van der Waals surface area contributed by atoms with Crippen LogP contribution in [0.4, 0.5) is 23.5 Å². The molecule has 2 N–H and O–H groups in total. The topological polar surface area (TPSA) is 91.5 Å². The van der Waals surface area contributed by atoms with Crippen molar-refractivity contribution in [3.63, 3.8) is 0 Å². The highest BCUT2D eigenvalue weighted by atomic mass is 127. The minimum Gasteiger partial charge on any atom is -0.449 e. The zero-order chi connectivity index (χ0) is 19.2. The van der Waals surface area contributed by atoms with Gasteiger partial charge >= 0.3 is 0 Å². The van der Waals surface area contributed by atoms with Gasteiger partial charge in [-0.05, 0) is 66.1 Å². The number of nitrogens with one attached hydrogen (secondary N) is 2. The van der Waals surface area contributed by atoms with Crippen molar-refractivity contribution in [2.24, 2.45) is 5.10 Å². The molecule has 1 aliphatic heterocycles. The highest BCUT2D eigenvalue weighted by Gasteiger charge is 2.16. The number of hydrazone groups is 1. The van der Waals surface area contributed by atoms with Gasteiger partial charge in [-0.15, -0.1) is 0 Å². The monoisotopic (exact) mass is 489 g/mol. The summed E-state index contributed by atoms with van der Waals surface area (Å²) in [5, 5.41) is 7.42. The van der Waals surface area contributed by atoms with Gasteiger partial charge in [0.1, 0.15) is 5.76 Å². The molecule has 0 unspecified atom stereocenters. The summed E-state index contributed by atoms with van der Waals surface area (Å²) < 4.78 is 6.27. The zero-order valence-electron chi connectivity index (χ0n) is 15.2. The predicted octanol–water partition coefficient (Wildman–Crippen LogP) is 4.25. The number of aromatic nitrogens is 3. The molecule has 9 heteroatoms. The third-order valence-electron chi connectivity index (χ3n) is 4.24. The number of benzene rings is 1. The summed E-state index contributed by atoms with van der Waals surface area (Å²) in [6.07, 6.45) is 5.13. The second-order valence-electron chi connectivity index (χ2n) is 6.33. The summed E-state index contributed by atoms with van der Waals surface area (Å²) in [6.45, 7) is 1.89. The summed E-state index contributed by atoms with van der Waals surface area (Å²) in [5.74, 6) is 2.17. The van der Waals surface area contributed by atoms with Crippen LogP contribution in [0.5, 0.6) is 0 Å². The van der Waals surface area contributed by atoms with Crippen LogP contribution in [0.25, 0.3) is 0 Å². The second kappa shape index (κ2) is 9.00. The highest BCUT2D eigenvalue weighted by molar-refractivity contribution is 14.1. The van der Waals surface area contributed by atoms with Gasteiger partial charge in [-0.2, -0.15) is 20.1 Å². The van der Waals surface area contributed by atoms with Crippen LogP contribution in [0.3, 0.4) is 0 Å². The van der Waals surface area contributed by atoms with Crippen molar-refractivity contribution < 1.29 is 4.42 Å². The first-order chi connectivity index (χ1) is 13.8. The fourth-order valence-corrected chi connectivity index (χ4v) is 3.34. The Labute approximate surface area is 176 Å². The lowest BCUT2D eigenvalue weighted by Crippen LogP contribution is -2.31. The SMILES string of the molecule is Ic1ccc(/C=N\Nc2nc(Nc3ccccc3)nc(N3CCCCC3)n2)o1. The average Bonchev–Trinajstić information content (AvgIpc) is 3.14. The molecule has 0 radical (unpaired) electrons. The van der Waals surface area contributed by atoms with E-state index in [1.165, 1.54) is 6.42 Å². The van der Waals surface area contributed by atoms with Gasteiger partial charge in [0.15, 0.2) is 3.77 Å². The summed E-state index contributed by atoms with van der Waals surface area (Å²) in [5.41, 5.74) is 3.80. The van der Waals surface area contributed by atoms with Crippen LogP contribution in [-0.2, 0) is 0 Å². The van der Waals surface area contributed by atoms with Gasteiger partial charge in [-0.3, -0.25) is 0 Å². The average molecular weight is 489 g/mol. The van der Waals surface area contributed by atoms with Crippen molar-refractivity contribution in [3.8, 4) is 0 Å². The number of nitrogens with zero attached hydrogens (tertiary/aromatic N) is 5. The maximum atomic E-state index is 5.47. The fourth-order valence-electron chi connectivity index (χ4n) is 2.91. The molecule has 1 aliphatic rings. The van der Waals surface area contributed by atoms with E-state index in [0.717, 1.165) is 35.4 Å². The molecule has 0 spiro atoms. The molecule has 1 fully saturated rings. The van der Waals surface area contributed by atoms with Gasteiger partial charge in [0.25, 0.3) is 0 Å². The van der Waals surface area contributed by atoms with Crippen LogP contribution in [0.15, 0.2) is 52.0 Å². The van der Waals surface area contributed by atoms with E-state index in [0.29, 0.717) is 23.6 Å². The highest BCUT2D eigenvalue weighted by Crippen LogP contribution is 2.20. The van der Waals surface area contributed by atoms with Crippen LogP contribution in [-0.4, -0.2) is 34.3 Å². The number of halogens is 1. The van der Waals surface area contributed by atoms with Gasteiger partial charge in [0, 0.05) is 18.8 Å². The van der Waals surface area contributed by atoms with Crippen LogP contribution in [0, 0.1) is 3.77 Å². The van der Waals surface area contributed by atoms with E-state index in [4.69, 9.17) is 4.42 Å². The Morgan fingerprint density at radius 2 is 1.75 bits per heavy atom. The lowest BCUT2D eigenvalue weighted by Gasteiger charge is -2.26. The molecule has 2 aromatic heterocycles. The van der Waals surface area contributed by atoms with Crippen LogP contribution >= 0.6 is 22.6 Å². The first-order valence-corrected chi connectivity index (χ1v) is 10.2. The van der Waals surface area contributed by atoms with Crippen LogP contribution in [0.1, 0.15) is 25.0 Å². The third-order valence-corrected chi connectivity index (χ3v) is 4.82. The number of para-hydroxylation sites is 1. The lowest BCUT2D eigenvalue weighted by molar-refractivity contribution is 0.531. The van der Waals surface area contributed by atoms with Crippen molar-refractivity contribution in [1.82, 2.24) is 15.0 Å². The Balaban J connectivity index is 1.56. The molecule has 0 saturated carbocycles. The zero-order valence-corrected chi connectivity index (χ0v) is 17.3. The van der Waals surface area contributed by atoms with E-state index in [2.05, 4.69) is 58.3 Å². The van der Waals surface area contributed by atoms with E-state index in [-0.39, 0.29) is 0 Å². The molecule has 0 aliphatic carbocycles. The number of hydrogen-bond donors (Lipinski definition) is 2. The van der Waals surface area contributed by atoms with Crippen LogP contribution in [0.2, 0.25) is 0 Å². The number of rotatable bonds is 6. The summed E-state index contributed by atoms with van der Waals surface area (Å²) >= 11 is 2.11. The molecular weight excluding hydrogens is 469 g/mol. The van der Waals surface area contributed by atoms with E-state index in [1.807, 2.05) is 42.5 Å². The molecule has 1 aromatic carbocycles. The van der Waals surface area contributed by atoms with Gasteiger partial charge in [-0.25, -0.2) is 5.43 Å². The maximum absolute atomic E-state index is 5.47. The van der Waals surface area contributed by atoms with Crippen LogP contribution < -0.4 is 15.6 Å². The minimum absolute atomic E-state index is 0.381. The minimum atomic E-state index is 0.381. The molecule has 4 rings (SSSR count). The van der Waals surface area contributed by atoms with Crippen molar-refractivity contribution in [2.45, 2.75) is 19.3 Å². The molecular formula is C19H20IN7O. The van der Waals surface area contributed by atoms with E-state index < -0.39 is 0 Å². The fraction of sp³-hybridized carbons (Fsp3) is 0.263. The number of furan rings is 1. The Morgan fingerprint density at radius 1 is 0.964 bits per heavy atom. The third kappa shape index (κ3) is 4.97. The number of piperidine rings is 1. The van der Waals surface area contributed by atoms with Crippen molar-refractivity contribution in [1.29, 1.82) is 0 Å². The first kappa shape index (κ1) is 18.7. The van der Waals surface area contributed by atoms with Crippen molar-refractivity contribution in [2.75, 3.05) is 28.7 Å². The Morgan fingerprint density at radius 3 is 2.50 bits per heavy atom. The largest absolute Gasteiger partial charge is 0.449 e. The summed E-state index contributed by atoms with van der Waals surface area (Å²) in [4.78, 5) is 15.8. The van der Waals surface area contributed by atoms with Gasteiger partial charge < -0.3 is 14.6 Å². The van der Waals surface area contributed by atoms with Crippen molar-refractivity contribution in [3.05, 3.63) is 52.0 Å². The Hall–Kier alpha value is -2.69.